The first-order chi connectivity index (χ1) is 11.1. The quantitative estimate of drug-likeness (QED) is 0.750. The van der Waals surface area contributed by atoms with Crippen LogP contribution in [0.25, 0.3) is 0 Å². The maximum absolute atomic E-state index is 11.3. The first-order valence-corrected chi connectivity index (χ1v) is 7.91. The minimum Gasteiger partial charge on any atom is -0.384 e. The van der Waals surface area contributed by atoms with Crippen molar-refractivity contribution >= 4 is 11.6 Å². The number of aromatic nitrogens is 1. The number of halogens is 1. The molecule has 0 fully saturated rings. The zero-order valence-corrected chi connectivity index (χ0v) is 13.6. The van der Waals surface area contributed by atoms with Gasteiger partial charge in [-0.05, 0) is 42.3 Å². The van der Waals surface area contributed by atoms with Gasteiger partial charge >= 0.3 is 0 Å². The Balaban J connectivity index is 2.14. The lowest BCUT2D eigenvalue weighted by molar-refractivity contribution is 0.0380. The predicted molar refractivity (Wildman–Crippen MR) is 93.5 cm³/mol. The molecular formula is C20H18ClNO. The molecule has 2 aromatic carbocycles. The van der Waals surface area contributed by atoms with Crippen LogP contribution in [0.5, 0.6) is 0 Å². The Morgan fingerprint density at radius 1 is 0.913 bits per heavy atom. The van der Waals surface area contributed by atoms with E-state index in [1.807, 2.05) is 79.7 Å². The molecule has 1 N–H and O–H groups in total. The Bertz CT molecular complexity index is 755. The second-order valence-corrected chi connectivity index (χ2v) is 6.19. The summed E-state index contributed by atoms with van der Waals surface area (Å²) in [5.41, 5.74) is 1.56. The van der Waals surface area contributed by atoms with Crippen LogP contribution < -0.4 is 0 Å². The minimum absolute atomic E-state index is 0.289. The molecule has 3 heteroatoms. The number of hydrogen-bond acceptors (Lipinski definition) is 2. The van der Waals surface area contributed by atoms with E-state index in [9.17, 15) is 5.11 Å². The first kappa shape index (κ1) is 15.7. The molecule has 0 bridgehead atoms. The molecule has 0 aliphatic carbocycles. The number of rotatable bonds is 4. The van der Waals surface area contributed by atoms with Gasteiger partial charge in [0.05, 0.1) is 17.2 Å². The standard InChI is InChI=1S/C20H18ClNO/c1-20(23,16-7-3-2-4-8-16)19(18-9-5-6-14-22-18)15-10-12-17(21)13-11-15/h2-14,19,23H,1H3/t19-,20+/m0/s1. The van der Waals surface area contributed by atoms with Gasteiger partial charge in [0.15, 0.2) is 0 Å². The molecule has 3 aromatic rings. The fraction of sp³-hybridized carbons (Fsp3) is 0.150. The van der Waals surface area contributed by atoms with Crippen LogP contribution in [0.4, 0.5) is 0 Å². The molecule has 0 spiro atoms. The zero-order valence-electron chi connectivity index (χ0n) is 12.9. The third-order valence-corrected chi connectivity index (χ3v) is 4.36. The average molecular weight is 324 g/mol. The van der Waals surface area contributed by atoms with E-state index in [1.54, 1.807) is 6.20 Å². The van der Waals surface area contributed by atoms with Gasteiger partial charge in [-0.1, -0.05) is 60.1 Å². The van der Waals surface area contributed by atoms with Crippen LogP contribution in [0.3, 0.4) is 0 Å². The smallest absolute Gasteiger partial charge is 0.0992 e. The molecule has 1 aromatic heterocycles. The Morgan fingerprint density at radius 3 is 2.17 bits per heavy atom. The maximum atomic E-state index is 11.3. The summed E-state index contributed by atoms with van der Waals surface area (Å²) in [6.07, 6.45) is 1.75. The Labute approximate surface area is 141 Å². The van der Waals surface area contributed by atoms with E-state index in [0.29, 0.717) is 5.02 Å². The lowest BCUT2D eigenvalue weighted by Gasteiger charge is -2.33. The number of benzene rings is 2. The van der Waals surface area contributed by atoms with Crippen molar-refractivity contribution in [2.75, 3.05) is 0 Å². The third-order valence-electron chi connectivity index (χ3n) is 4.11. The second kappa shape index (κ2) is 6.53. The molecule has 0 aliphatic rings. The van der Waals surface area contributed by atoms with Gasteiger partial charge in [0.1, 0.15) is 0 Å². The molecular weight excluding hydrogens is 306 g/mol. The van der Waals surface area contributed by atoms with E-state index in [1.165, 1.54) is 0 Å². The highest BCUT2D eigenvalue weighted by Gasteiger charge is 2.36. The summed E-state index contributed by atoms with van der Waals surface area (Å²) in [7, 11) is 0. The second-order valence-electron chi connectivity index (χ2n) is 5.75. The normalized spacial score (nSPS) is 14.9. The van der Waals surface area contributed by atoms with Crippen LogP contribution in [-0.2, 0) is 5.60 Å². The van der Waals surface area contributed by atoms with Gasteiger partial charge < -0.3 is 5.11 Å². The van der Waals surface area contributed by atoms with Crippen LogP contribution in [0.1, 0.15) is 29.7 Å². The number of pyridine rings is 1. The fourth-order valence-corrected chi connectivity index (χ4v) is 3.05. The molecule has 1 heterocycles. The van der Waals surface area contributed by atoms with Crippen LogP contribution >= 0.6 is 11.6 Å². The largest absolute Gasteiger partial charge is 0.384 e. The Hall–Kier alpha value is -2.16. The van der Waals surface area contributed by atoms with Crippen molar-refractivity contribution in [1.29, 1.82) is 0 Å². The van der Waals surface area contributed by atoms with E-state index >= 15 is 0 Å². The molecule has 0 saturated carbocycles. The van der Waals surface area contributed by atoms with E-state index in [2.05, 4.69) is 4.98 Å². The van der Waals surface area contributed by atoms with Gasteiger partial charge in [-0.25, -0.2) is 0 Å². The van der Waals surface area contributed by atoms with E-state index in [-0.39, 0.29) is 5.92 Å². The van der Waals surface area contributed by atoms with Crippen LogP contribution in [-0.4, -0.2) is 10.1 Å². The van der Waals surface area contributed by atoms with Gasteiger partial charge in [0.25, 0.3) is 0 Å². The van der Waals surface area contributed by atoms with Gasteiger partial charge in [-0.3, -0.25) is 4.98 Å². The van der Waals surface area contributed by atoms with Crippen LogP contribution in [0, 0.1) is 0 Å². The summed E-state index contributed by atoms with van der Waals surface area (Å²) in [5, 5.41) is 12.0. The van der Waals surface area contributed by atoms with Crippen molar-refractivity contribution < 1.29 is 5.11 Å². The van der Waals surface area contributed by atoms with Crippen LogP contribution in [0.15, 0.2) is 79.0 Å². The molecule has 23 heavy (non-hydrogen) atoms. The van der Waals surface area contributed by atoms with Crippen LogP contribution in [0.2, 0.25) is 5.02 Å². The van der Waals surface area contributed by atoms with E-state index in [4.69, 9.17) is 11.6 Å². The zero-order chi connectivity index (χ0) is 16.3. The topological polar surface area (TPSA) is 33.1 Å². The highest BCUT2D eigenvalue weighted by atomic mass is 35.5. The summed E-state index contributed by atoms with van der Waals surface area (Å²) < 4.78 is 0. The van der Waals surface area contributed by atoms with Crippen molar-refractivity contribution in [3.63, 3.8) is 0 Å². The summed E-state index contributed by atoms with van der Waals surface area (Å²) >= 11 is 6.02. The highest BCUT2D eigenvalue weighted by Crippen LogP contribution is 2.40. The highest BCUT2D eigenvalue weighted by molar-refractivity contribution is 6.30. The molecule has 0 amide bonds. The lowest BCUT2D eigenvalue weighted by Crippen LogP contribution is -2.31. The molecule has 3 rings (SSSR count). The fourth-order valence-electron chi connectivity index (χ4n) is 2.93. The molecule has 116 valence electrons. The molecule has 0 unspecified atom stereocenters. The predicted octanol–water partition coefficient (Wildman–Crippen LogP) is 4.77. The van der Waals surface area contributed by atoms with Gasteiger partial charge in [-0.2, -0.15) is 0 Å². The lowest BCUT2D eigenvalue weighted by atomic mass is 9.76. The summed E-state index contributed by atoms with van der Waals surface area (Å²) in [6.45, 7) is 1.83. The summed E-state index contributed by atoms with van der Waals surface area (Å²) in [5.74, 6) is -0.289. The summed E-state index contributed by atoms with van der Waals surface area (Å²) in [4.78, 5) is 4.48. The van der Waals surface area contributed by atoms with E-state index < -0.39 is 5.60 Å². The van der Waals surface area contributed by atoms with Gasteiger partial charge in [-0.15, -0.1) is 0 Å². The molecule has 0 aliphatic heterocycles. The first-order valence-electron chi connectivity index (χ1n) is 7.53. The molecule has 0 radical (unpaired) electrons. The summed E-state index contributed by atoms with van der Waals surface area (Å²) in [6, 6.07) is 23.0. The number of aliphatic hydroxyl groups is 1. The Morgan fingerprint density at radius 2 is 1.57 bits per heavy atom. The van der Waals surface area contributed by atoms with E-state index in [0.717, 1.165) is 16.8 Å². The number of nitrogens with zero attached hydrogens (tertiary/aromatic N) is 1. The SMILES string of the molecule is C[C@@](O)(c1ccccc1)[C@@H](c1ccc(Cl)cc1)c1ccccn1. The third kappa shape index (κ3) is 3.29. The van der Waals surface area contributed by atoms with Gasteiger partial charge in [0, 0.05) is 11.2 Å². The van der Waals surface area contributed by atoms with Crippen molar-refractivity contribution in [1.82, 2.24) is 4.98 Å². The maximum Gasteiger partial charge on any atom is 0.0992 e. The Kier molecular flexibility index (Phi) is 4.46. The number of hydrogen-bond donors (Lipinski definition) is 1. The van der Waals surface area contributed by atoms with Crippen molar-refractivity contribution in [2.24, 2.45) is 0 Å². The molecule has 2 nitrogen and oxygen atoms in total. The minimum atomic E-state index is -1.09. The monoisotopic (exact) mass is 323 g/mol. The van der Waals surface area contributed by atoms with Gasteiger partial charge in [0.2, 0.25) is 0 Å². The van der Waals surface area contributed by atoms with Crippen molar-refractivity contribution in [3.8, 4) is 0 Å². The average Bonchev–Trinajstić information content (AvgIpc) is 2.58. The van der Waals surface area contributed by atoms with Crippen molar-refractivity contribution in [3.05, 3.63) is 101 Å². The van der Waals surface area contributed by atoms with Crippen molar-refractivity contribution in [2.45, 2.75) is 18.4 Å². The molecule has 0 saturated heterocycles. The molecule has 2 atom stereocenters.